The van der Waals surface area contributed by atoms with Crippen LogP contribution in [0.15, 0.2) is 16.4 Å². The van der Waals surface area contributed by atoms with Crippen LogP contribution in [0.4, 0.5) is 0 Å². The molecule has 6 nitrogen and oxygen atoms in total. The lowest BCUT2D eigenvalue weighted by molar-refractivity contribution is -0.147. The molecule has 0 unspecified atom stereocenters. The first kappa shape index (κ1) is 26.4. The molecule has 0 bridgehead atoms. The highest BCUT2D eigenvalue weighted by atomic mass is 28.4. The van der Waals surface area contributed by atoms with E-state index in [1.54, 1.807) is 5.20 Å². The molecule has 178 valence electrons. The molecule has 0 aromatic carbocycles. The summed E-state index contributed by atoms with van der Waals surface area (Å²) in [6.45, 7) is 10.1. The highest BCUT2D eigenvalue weighted by Crippen LogP contribution is 2.31. The Balaban J connectivity index is 1.45. The van der Waals surface area contributed by atoms with Crippen LogP contribution in [0, 0.1) is 0 Å². The smallest absolute Gasteiger partial charge is 0.214 e. The molecule has 2 aliphatic rings. The fourth-order valence-corrected chi connectivity index (χ4v) is 7.33. The van der Waals surface area contributed by atoms with Gasteiger partial charge in [0.1, 0.15) is 0 Å². The third-order valence-electron chi connectivity index (χ3n) is 6.81. The minimum atomic E-state index is -1.82. The van der Waals surface area contributed by atoms with E-state index in [4.69, 9.17) is 19.4 Å². The zero-order chi connectivity index (χ0) is 22.6. The zero-order valence-corrected chi connectivity index (χ0v) is 21.4. The molecule has 2 atom stereocenters. The van der Waals surface area contributed by atoms with Crippen LogP contribution >= 0.6 is 0 Å². The van der Waals surface area contributed by atoms with Crippen LogP contribution < -0.4 is 0 Å². The Morgan fingerprint density at radius 2 is 1.58 bits per heavy atom. The summed E-state index contributed by atoms with van der Waals surface area (Å²) in [6.07, 6.45) is 18.8. The standard InChI is InChI=1S/C24H45N3O3Si/c1-21(26-27-25)23-17-16-22(31(3,4)30-23)15-13-11-9-7-5-6-8-10-12-14-18-24(2)28-19-20-29-24/h16,21,23H,5-15,17-20H2,1-4H3/t21-,23-/m0/s1. The monoisotopic (exact) mass is 451 g/mol. The molecule has 0 spiro atoms. The zero-order valence-electron chi connectivity index (χ0n) is 20.4. The van der Waals surface area contributed by atoms with Crippen LogP contribution in [-0.2, 0) is 13.9 Å². The van der Waals surface area contributed by atoms with Crippen molar-refractivity contribution in [3.8, 4) is 0 Å². The van der Waals surface area contributed by atoms with Gasteiger partial charge in [0.05, 0.1) is 25.4 Å². The van der Waals surface area contributed by atoms with Gasteiger partial charge in [0.2, 0.25) is 8.32 Å². The van der Waals surface area contributed by atoms with E-state index in [-0.39, 0.29) is 17.9 Å². The van der Waals surface area contributed by atoms with Crippen LogP contribution in [0.1, 0.15) is 97.3 Å². The highest BCUT2D eigenvalue weighted by molar-refractivity contribution is 6.78. The molecule has 0 N–H and O–H groups in total. The van der Waals surface area contributed by atoms with E-state index in [1.165, 1.54) is 70.6 Å². The Morgan fingerprint density at radius 1 is 1.03 bits per heavy atom. The van der Waals surface area contributed by atoms with Gasteiger partial charge in [-0.3, -0.25) is 0 Å². The van der Waals surface area contributed by atoms with Crippen molar-refractivity contribution in [1.82, 2.24) is 0 Å². The predicted octanol–water partition coefficient (Wildman–Crippen LogP) is 7.59. The minimum absolute atomic E-state index is 0.0498. The van der Waals surface area contributed by atoms with Crippen molar-refractivity contribution in [3.05, 3.63) is 21.7 Å². The number of allylic oxidation sites excluding steroid dienone is 1. The maximum atomic E-state index is 8.65. The van der Waals surface area contributed by atoms with Gasteiger partial charge in [-0.2, -0.15) is 0 Å². The van der Waals surface area contributed by atoms with Crippen LogP contribution in [0.3, 0.4) is 0 Å². The van der Waals surface area contributed by atoms with Crippen molar-refractivity contribution in [1.29, 1.82) is 0 Å². The molecule has 7 heteroatoms. The van der Waals surface area contributed by atoms with Crippen molar-refractivity contribution in [2.75, 3.05) is 13.2 Å². The lowest BCUT2D eigenvalue weighted by atomic mass is 10.0. The Morgan fingerprint density at radius 3 is 2.13 bits per heavy atom. The number of rotatable bonds is 15. The minimum Gasteiger partial charge on any atom is -0.410 e. The number of ether oxygens (including phenoxy) is 2. The third kappa shape index (κ3) is 9.66. The number of unbranched alkanes of at least 4 members (excludes halogenated alkanes) is 9. The Bertz CT molecular complexity index is 599. The largest absolute Gasteiger partial charge is 0.410 e. The van der Waals surface area contributed by atoms with Gasteiger partial charge in [-0.25, -0.2) is 0 Å². The van der Waals surface area contributed by atoms with E-state index in [9.17, 15) is 0 Å². The fourth-order valence-electron chi connectivity index (χ4n) is 4.74. The quantitative estimate of drug-likeness (QED) is 0.0845. The van der Waals surface area contributed by atoms with Crippen LogP contribution in [-0.4, -0.2) is 39.5 Å². The summed E-state index contributed by atoms with van der Waals surface area (Å²) in [7, 11) is -1.82. The molecule has 2 rings (SSSR count). The summed E-state index contributed by atoms with van der Waals surface area (Å²) >= 11 is 0. The van der Waals surface area contributed by atoms with E-state index in [0.29, 0.717) is 0 Å². The Labute approximate surface area is 190 Å². The van der Waals surface area contributed by atoms with Crippen molar-refractivity contribution < 1.29 is 13.9 Å². The van der Waals surface area contributed by atoms with E-state index in [2.05, 4.69) is 36.1 Å². The molecule has 2 aliphatic heterocycles. The molecule has 1 fully saturated rings. The average Bonchev–Trinajstić information content (AvgIpc) is 3.16. The van der Waals surface area contributed by atoms with Gasteiger partial charge < -0.3 is 13.9 Å². The van der Waals surface area contributed by atoms with E-state index < -0.39 is 8.32 Å². The summed E-state index contributed by atoms with van der Waals surface area (Å²) < 4.78 is 17.7. The summed E-state index contributed by atoms with van der Waals surface area (Å²) in [5.41, 5.74) is 8.65. The molecule has 0 saturated carbocycles. The van der Waals surface area contributed by atoms with Crippen molar-refractivity contribution in [2.45, 2.75) is 128 Å². The molecule has 0 radical (unpaired) electrons. The predicted molar refractivity (Wildman–Crippen MR) is 129 cm³/mol. The second kappa shape index (κ2) is 13.6. The Hall–Kier alpha value is -0.853. The normalized spacial score (nSPS) is 23.2. The number of hydrogen-bond donors (Lipinski definition) is 0. The number of hydrogen-bond acceptors (Lipinski definition) is 4. The Kier molecular flexibility index (Phi) is 11.6. The van der Waals surface area contributed by atoms with Gasteiger partial charge >= 0.3 is 0 Å². The SMILES string of the molecule is C[C@H](N=[N+]=[N-])[C@@H]1CC=C(CCCCCCCCCCCCC2(C)OCCO2)[Si](C)(C)O1. The summed E-state index contributed by atoms with van der Waals surface area (Å²) in [4.78, 5) is 2.94. The number of azide groups is 1. The average molecular weight is 452 g/mol. The van der Waals surface area contributed by atoms with E-state index in [1.807, 2.05) is 6.92 Å². The molecule has 31 heavy (non-hydrogen) atoms. The molecule has 0 aromatic heterocycles. The van der Waals surface area contributed by atoms with Crippen molar-refractivity contribution >= 4 is 8.32 Å². The van der Waals surface area contributed by atoms with Gasteiger partial charge in [-0.15, -0.1) is 0 Å². The molecule has 0 amide bonds. The maximum absolute atomic E-state index is 8.65. The van der Waals surface area contributed by atoms with Gasteiger partial charge in [0.15, 0.2) is 5.79 Å². The van der Waals surface area contributed by atoms with Crippen LogP contribution in [0.25, 0.3) is 10.4 Å². The number of nitrogens with zero attached hydrogens (tertiary/aromatic N) is 3. The highest BCUT2D eigenvalue weighted by Gasteiger charge is 2.35. The maximum Gasteiger partial charge on any atom is 0.214 e. The summed E-state index contributed by atoms with van der Waals surface area (Å²) in [6, 6.07) is -0.0896. The molecule has 0 aromatic rings. The van der Waals surface area contributed by atoms with Gasteiger partial charge in [-0.05, 0) is 51.2 Å². The van der Waals surface area contributed by atoms with Crippen LogP contribution in [0.5, 0.6) is 0 Å². The molecule has 0 aliphatic carbocycles. The molecular formula is C24H45N3O3Si. The second-order valence-corrected chi connectivity index (χ2v) is 13.8. The summed E-state index contributed by atoms with van der Waals surface area (Å²) in [5.74, 6) is -0.302. The topological polar surface area (TPSA) is 76.5 Å². The molecule has 1 saturated heterocycles. The first-order valence-electron chi connectivity index (χ1n) is 12.6. The van der Waals surface area contributed by atoms with Gasteiger partial charge in [-0.1, -0.05) is 74.7 Å². The van der Waals surface area contributed by atoms with E-state index >= 15 is 0 Å². The third-order valence-corrected chi connectivity index (χ3v) is 9.71. The molecule has 2 heterocycles. The van der Waals surface area contributed by atoms with Crippen molar-refractivity contribution in [3.63, 3.8) is 0 Å². The van der Waals surface area contributed by atoms with Crippen molar-refractivity contribution in [2.24, 2.45) is 5.11 Å². The first-order valence-corrected chi connectivity index (χ1v) is 15.5. The molecular weight excluding hydrogens is 406 g/mol. The van der Waals surface area contributed by atoms with Gasteiger partial charge in [0.25, 0.3) is 0 Å². The summed E-state index contributed by atoms with van der Waals surface area (Å²) in [5, 5.41) is 5.37. The fraction of sp³-hybridized carbons (Fsp3) is 0.917. The van der Waals surface area contributed by atoms with Crippen LogP contribution in [0.2, 0.25) is 13.1 Å². The van der Waals surface area contributed by atoms with Gasteiger partial charge in [0, 0.05) is 11.3 Å². The lowest BCUT2D eigenvalue weighted by Crippen LogP contribution is -2.44. The first-order chi connectivity index (χ1) is 14.9. The lowest BCUT2D eigenvalue weighted by Gasteiger charge is -2.37. The second-order valence-electron chi connectivity index (χ2n) is 9.94. The van der Waals surface area contributed by atoms with E-state index in [0.717, 1.165) is 26.1 Å².